The molecule has 0 aromatic carbocycles. The standard InChI is InChI=1S/C20H25N7O3/c1-20(2,3)27-15-13(10-21-27)17(29)24-19(23-15)26-25-18(30)12-9-11-7-5-4-6-8-14(11)22-16(12)28/h9-10H,4-8H2,1-3H3,(H,22,28)(H,25,30)(H2,23,24,26,29). The van der Waals surface area contributed by atoms with Gasteiger partial charge in [-0.2, -0.15) is 10.1 Å². The van der Waals surface area contributed by atoms with Gasteiger partial charge in [0.25, 0.3) is 17.0 Å². The number of hydrogen-bond acceptors (Lipinski definition) is 6. The Balaban J connectivity index is 1.59. The lowest BCUT2D eigenvalue weighted by atomic mass is 10.1. The lowest BCUT2D eigenvalue weighted by Gasteiger charge is -2.19. The number of aromatic nitrogens is 5. The lowest BCUT2D eigenvalue weighted by Crippen LogP contribution is -2.35. The SMILES string of the molecule is CC(C)(C)n1ncc2c(=O)[nH]c(NNC(=O)c3cc4c([nH]c3=O)CCCCC4)nc21. The second-order valence-electron chi connectivity index (χ2n) is 8.53. The highest BCUT2D eigenvalue weighted by Crippen LogP contribution is 2.19. The van der Waals surface area contributed by atoms with Crippen LogP contribution in [0.4, 0.5) is 5.95 Å². The summed E-state index contributed by atoms with van der Waals surface area (Å²) < 4.78 is 1.64. The van der Waals surface area contributed by atoms with Crippen LogP contribution in [0.2, 0.25) is 0 Å². The fourth-order valence-corrected chi connectivity index (χ4v) is 3.67. The summed E-state index contributed by atoms with van der Waals surface area (Å²) >= 11 is 0. The molecule has 1 aliphatic carbocycles. The molecule has 10 heteroatoms. The Labute approximate surface area is 172 Å². The summed E-state index contributed by atoms with van der Waals surface area (Å²) in [6, 6.07) is 1.66. The zero-order valence-electron chi connectivity index (χ0n) is 17.3. The molecule has 3 aromatic rings. The van der Waals surface area contributed by atoms with Gasteiger partial charge in [-0.05, 0) is 58.1 Å². The average molecular weight is 411 g/mol. The van der Waals surface area contributed by atoms with Crippen LogP contribution in [0.5, 0.6) is 0 Å². The maximum atomic E-state index is 12.6. The summed E-state index contributed by atoms with van der Waals surface area (Å²) in [4.78, 5) is 47.1. The van der Waals surface area contributed by atoms with E-state index in [0.29, 0.717) is 11.0 Å². The molecule has 0 bridgehead atoms. The van der Waals surface area contributed by atoms with E-state index in [4.69, 9.17) is 0 Å². The predicted octanol–water partition coefficient (Wildman–Crippen LogP) is 1.59. The highest BCUT2D eigenvalue weighted by atomic mass is 16.2. The second-order valence-corrected chi connectivity index (χ2v) is 8.53. The third-order valence-electron chi connectivity index (χ3n) is 5.20. The fourth-order valence-electron chi connectivity index (χ4n) is 3.67. The summed E-state index contributed by atoms with van der Waals surface area (Å²) in [5.41, 5.74) is 6.19. The molecule has 1 aliphatic rings. The molecule has 0 radical (unpaired) electrons. The Morgan fingerprint density at radius 1 is 1.10 bits per heavy atom. The molecule has 0 unspecified atom stereocenters. The number of hydrogen-bond donors (Lipinski definition) is 4. The summed E-state index contributed by atoms with van der Waals surface area (Å²) in [7, 11) is 0. The quantitative estimate of drug-likeness (QED) is 0.381. The second kappa shape index (κ2) is 7.43. The molecule has 4 N–H and O–H groups in total. The molecule has 0 fully saturated rings. The van der Waals surface area contributed by atoms with Gasteiger partial charge in [0.15, 0.2) is 5.65 Å². The number of nitrogens with one attached hydrogen (secondary N) is 4. The zero-order chi connectivity index (χ0) is 21.5. The number of carbonyl (C=O) groups is 1. The highest BCUT2D eigenvalue weighted by Gasteiger charge is 2.20. The normalized spacial score (nSPS) is 14.2. The van der Waals surface area contributed by atoms with E-state index in [1.54, 1.807) is 10.7 Å². The minimum atomic E-state index is -0.602. The Bertz CT molecular complexity index is 1230. The van der Waals surface area contributed by atoms with Gasteiger partial charge >= 0.3 is 0 Å². The molecule has 3 aromatic heterocycles. The molecule has 158 valence electrons. The predicted molar refractivity (Wildman–Crippen MR) is 113 cm³/mol. The smallest absolute Gasteiger partial charge is 0.275 e. The highest BCUT2D eigenvalue weighted by molar-refractivity contribution is 5.94. The number of anilines is 1. The molecule has 3 heterocycles. The Kier molecular flexibility index (Phi) is 4.92. The van der Waals surface area contributed by atoms with Crippen LogP contribution < -0.4 is 22.0 Å². The van der Waals surface area contributed by atoms with Crippen LogP contribution in [0, 0.1) is 0 Å². The first kappa shape index (κ1) is 19.9. The van der Waals surface area contributed by atoms with Crippen LogP contribution in [-0.2, 0) is 18.4 Å². The van der Waals surface area contributed by atoms with Crippen molar-refractivity contribution < 1.29 is 4.79 Å². The van der Waals surface area contributed by atoms with E-state index in [2.05, 4.69) is 30.9 Å². The van der Waals surface area contributed by atoms with E-state index in [-0.39, 0.29) is 22.6 Å². The number of aromatic amines is 2. The summed E-state index contributed by atoms with van der Waals surface area (Å²) in [6.07, 6.45) is 6.28. The first-order chi connectivity index (χ1) is 14.2. The first-order valence-corrected chi connectivity index (χ1v) is 10.0. The Morgan fingerprint density at radius 2 is 1.87 bits per heavy atom. The van der Waals surface area contributed by atoms with E-state index in [0.717, 1.165) is 43.4 Å². The molecule has 30 heavy (non-hydrogen) atoms. The van der Waals surface area contributed by atoms with Crippen molar-refractivity contribution in [3.05, 3.63) is 49.8 Å². The first-order valence-electron chi connectivity index (χ1n) is 10.0. The number of nitrogens with zero attached hydrogens (tertiary/aromatic N) is 3. The van der Waals surface area contributed by atoms with Crippen molar-refractivity contribution in [2.24, 2.45) is 0 Å². The molecule has 10 nitrogen and oxygen atoms in total. The minimum Gasteiger partial charge on any atom is -0.325 e. The number of fused-ring (bicyclic) bond motifs is 2. The van der Waals surface area contributed by atoms with Gasteiger partial charge in [0.2, 0.25) is 5.95 Å². The van der Waals surface area contributed by atoms with Crippen LogP contribution in [0.15, 0.2) is 21.9 Å². The number of amides is 1. The third kappa shape index (κ3) is 3.72. The zero-order valence-corrected chi connectivity index (χ0v) is 17.3. The fraction of sp³-hybridized carbons (Fsp3) is 0.450. The van der Waals surface area contributed by atoms with Crippen molar-refractivity contribution in [1.82, 2.24) is 30.2 Å². The van der Waals surface area contributed by atoms with Crippen LogP contribution in [-0.4, -0.2) is 30.6 Å². The van der Waals surface area contributed by atoms with Crippen LogP contribution in [0.3, 0.4) is 0 Å². The molecule has 0 aliphatic heterocycles. The monoisotopic (exact) mass is 411 g/mol. The van der Waals surface area contributed by atoms with Gasteiger partial charge in [0.1, 0.15) is 10.9 Å². The molecular weight excluding hydrogens is 386 g/mol. The third-order valence-corrected chi connectivity index (χ3v) is 5.20. The van der Waals surface area contributed by atoms with Crippen LogP contribution in [0.25, 0.3) is 11.0 Å². The molecule has 0 saturated carbocycles. The maximum absolute atomic E-state index is 12.6. The topological polar surface area (TPSA) is 138 Å². The minimum absolute atomic E-state index is 0.0197. The maximum Gasteiger partial charge on any atom is 0.275 e. The van der Waals surface area contributed by atoms with E-state index in [9.17, 15) is 14.4 Å². The summed E-state index contributed by atoms with van der Waals surface area (Å²) in [6.45, 7) is 5.84. The molecule has 0 atom stereocenters. The molecule has 4 rings (SSSR count). The number of carbonyl (C=O) groups excluding carboxylic acids is 1. The van der Waals surface area contributed by atoms with E-state index < -0.39 is 11.5 Å². The molecule has 1 amide bonds. The van der Waals surface area contributed by atoms with Gasteiger partial charge in [0, 0.05) is 5.69 Å². The Hall–Kier alpha value is -3.43. The van der Waals surface area contributed by atoms with Gasteiger partial charge in [-0.1, -0.05) is 6.42 Å². The van der Waals surface area contributed by atoms with E-state index in [1.165, 1.54) is 6.20 Å². The van der Waals surface area contributed by atoms with Crippen molar-refractivity contribution in [3.8, 4) is 0 Å². The average Bonchev–Trinajstić information content (AvgIpc) is 2.99. The summed E-state index contributed by atoms with van der Waals surface area (Å²) in [5, 5.41) is 4.60. The number of pyridine rings is 1. The van der Waals surface area contributed by atoms with Crippen molar-refractivity contribution in [2.45, 2.75) is 58.4 Å². The number of hydrazine groups is 1. The number of rotatable bonds is 3. The largest absolute Gasteiger partial charge is 0.325 e. The molecular formula is C20H25N7O3. The number of aryl methyl sites for hydroxylation is 2. The summed E-state index contributed by atoms with van der Waals surface area (Å²) in [5.74, 6) is -0.548. The van der Waals surface area contributed by atoms with Crippen molar-refractivity contribution in [3.63, 3.8) is 0 Å². The van der Waals surface area contributed by atoms with Crippen molar-refractivity contribution >= 4 is 22.9 Å². The van der Waals surface area contributed by atoms with Gasteiger partial charge in [-0.3, -0.25) is 30.2 Å². The van der Waals surface area contributed by atoms with Gasteiger partial charge in [-0.15, -0.1) is 0 Å². The lowest BCUT2D eigenvalue weighted by molar-refractivity contribution is 0.0960. The van der Waals surface area contributed by atoms with E-state index >= 15 is 0 Å². The Morgan fingerprint density at radius 3 is 2.63 bits per heavy atom. The van der Waals surface area contributed by atoms with Crippen molar-refractivity contribution in [1.29, 1.82) is 0 Å². The molecule has 0 saturated heterocycles. The van der Waals surface area contributed by atoms with Gasteiger partial charge in [0.05, 0.1) is 11.7 Å². The van der Waals surface area contributed by atoms with Crippen molar-refractivity contribution in [2.75, 3.05) is 5.43 Å². The van der Waals surface area contributed by atoms with E-state index in [1.807, 2.05) is 20.8 Å². The number of H-pyrrole nitrogens is 2. The molecule has 0 spiro atoms. The van der Waals surface area contributed by atoms with Gasteiger partial charge in [-0.25, -0.2) is 4.68 Å². The van der Waals surface area contributed by atoms with Crippen LogP contribution in [0.1, 0.15) is 61.6 Å². The van der Waals surface area contributed by atoms with Crippen LogP contribution >= 0.6 is 0 Å². The van der Waals surface area contributed by atoms with Gasteiger partial charge < -0.3 is 4.98 Å².